The predicted octanol–water partition coefficient (Wildman–Crippen LogP) is 2.06. The van der Waals surface area contributed by atoms with E-state index in [1.807, 2.05) is 0 Å². The van der Waals surface area contributed by atoms with Crippen molar-refractivity contribution in [3.8, 4) is 0 Å². The molecule has 1 amide bonds. The normalized spacial score (nSPS) is 22.5. The van der Waals surface area contributed by atoms with E-state index in [1.165, 1.54) is 6.08 Å². The number of likely N-dealkylation sites (tertiary alicyclic amines) is 1. The maximum Gasteiger partial charge on any atom is 0.328 e. The molecule has 1 unspecified atom stereocenters. The fourth-order valence-electron chi connectivity index (χ4n) is 2.23. The summed E-state index contributed by atoms with van der Waals surface area (Å²) in [4.78, 5) is 24.1. The zero-order valence-corrected chi connectivity index (χ0v) is 10.6. The van der Waals surface area contributed by atoms with Gasteiger partial charge in [0.2, 0.25) is 5.91 Å². The minimum absolute atomic E-state index is 0.152. The van der Waals surface area contributed by atoms with Gasteiger partial charge in [-0.2, -0.15) is 0 Å². The highest BCUT2D eigenvalue weighted by molar-refractivity contribution is 5.81. The maximum absolute atomic E-state index is 11.8. The number of carbonyl (C=O) groups is 2. The van der Waals surface area contributed by atoms with Gasteiger partial charge in [-0.3, -0.25) is 4.79 Å². The van der Waals surface area contributed by atoms with Gasteiger partial charge in [0.05, 0.1) is 0 Å². The second-order valence-electron chi connectivity index (χ2n) is 4.75. The molecule has 1 rings (SSSR count). The van der Waals surface area contributed by atoms with E-state index in [9.17, 15) is 9.59 Å². The summed E-state index contributed by atoms with van der Waals surface area (Å²) in [5, 5.41) is 8.64. The molecule has 0 spiro atoms. The fourth-order valence-corrected chi connectivity index (χ4v) is 2.23. The first-order chi connectivity index (χ1) is 8.02. The molecule has 0 aromatic rings. The van der Waals surface area contributed by atoms with E-state index in [1.54, 1.807) is 11.8 Å². The number of aliphatic carboxylic acids is 1. The third kappa shape index (κ3) is 4.59. The van der Waals surface area contributed by atoms with E-state index in [2.05, 4.69) is 6.92 Å². The Kier molecular flexibility index (Phi) is 5.19. The van der Waals surface area contributed by atoms with Crippen LogP contribution in [0.15, 0.2) is 11.6 Å². The molecule has 4 heteroatoms. The Balaban J connectivity index is 2.58. The number of hydrogen-bond donors (Lipinski definition) is 1. The molecular weight excluding hydrogens is 218 g/mol. The average Bonchev–Trinajstić information content (AvgIpc) is 2.41. The molecule has 1 fully saturated rings. The van der Waals surface area contributed by atoms with Gasteiger partial charge < -0.3 is 10.0 Å². The summed E-state index contributed by atoms with van der Waals surface area (Å²) in [7, 11) is 0. The highest BCUT2D eigenvalue weighted by Gasteiger charge is 2.21. The number of rotatable bonds is 4. The molecule has 0 aliphatic carbocycles. The number of carbonyl (C=O) groups excluding carboxylic acids is 1. The van der Waals surface area contributed by atoms with Crippen molar-refractivity contribution >= 4 is 11.9 Å². The lowest BCUT2D eigenvalue weighted by Crippen LogP contribution is -2.32. The van der Waals surface area contributed by atoms with Crippen LogP contribution in [0.4, 0.5) is 0 Å². The van der Waals surface area contributed by atoms with Gasteiger partial charge in [0, 0.05) is 25.6 Å². The zero-order valence-electron chi connectivity index (χ0n) is 10.6. The summed E-state index contributed by atoms with van der Waals surface area (Å²) in [5.74, 6) is -0.164. The molecule has 0 aromatic heterocycles. The van der Waals surface area contributed by atoms with Gasteiger partial charge in [-0.15, -0.1) is 0 Å². The molecule has 0 aromatic carbocycles. The Labute approximate surface area is 102 Å². The van der Waals surface area contributed by atoms with Crippen LogP contribution in [-0.2, 0) is 9.59 Å². The standard InChI is InChI=1S/C13H21NO3/c1-3-11-4-5-12(15)14(7-6-11)9-10(2)8-13(16)17/h8,11H,3-7,9H2,1-2H3,(H,16,17). The molecule has 96 valence electrons. The zero-order chi connectivity index (χ0) is 12.8. The Morgan fingerprint density at radius 2 is 2.24 bits per heavy atom. The summed E-state index contributed by atoms with van der Waals surface area (Å²) in [6, 6.07) is 0. The smallest absolute Gasteiger partial charge is 0.328 e. The lowest BCUT2D eigenvalue weighted by molar-refractivity contribution is -0.132. The molecule has 0 saturated carbocycles. The quantitative estimate of drug-likeness (QED) is 0.764. The van der Waals surface area contributed by atoms with E-state index in [0.29, 0.717) is 18.9 Å². The van der Waals surface area contributed by atoms with Gasteiger partial charge in [-0.25, -0.2) is 4.79 Å². The van der Waals surface area contributed by atoms with Crippen LogP contribution in [0.25, 0.3) is 0 Å². The second kappa shape index (κ2) is 6.42. The third-order valence-electron chi connectivity index (χ3n) is 3.31. The molecule has 1 saturated heterocycles. The van der Waals surface area contributed by atoms with Crippen molar-refractivity contribution in [1.82, 2.24) is 4.90 Å². The molecular formula is C13H21NO3. The fraction of sp³-hybridized carbons (Fsp3) is 0.692. The topological polar surface area (TPSA) is 57.6 Å². The second-order valence-corrected chi connectivity index (χ2v) is 4.75. The lowest BCUT2D eigenvalue weighted by Gasteiger charge is -2.21. The first-order valence-corrected chi connectivity index (χ1v) is 6.20. The molecule has 1 atom stereocenters. The first-order valence-electron chi connectivity index (χ1n) is 6.20. The van der Waals surface area contributed by atoms with Gasteiger partial charge in [-0.05, 0) is 31.3 Å². The Morgan fingerprint density at radius 1 is 1.53 bits per heavy atom. The van der Waals surface area contributed by atoms with Gasteiger partial charge >= 0.3 is 5.97 Å². The highest BCUT2D eigenvalue weighted by atomic mass is 16.4. The van der Waals surface area contributed by atoms with Crippen molar-refractivity contribution in [2.24, 2.45) is 5.92 Å². The molecule has 17 heavy (non-hydrogen) atoms. The Bertz CT molecular complexity index is 323. The summed E-state index contributed by atoms with van der Waals surface area (Å²) in [6.07, 6.45) is 4.88. The van der Waals surface area contributed by atoms with Crippen molar-refractivity contribution in [2.75, 3.05) is 13.1 Å². The van der Waals surface area contributed by atoms with E-state index in [0.717, 1.165) is 31.4 Å². The largest absolute Gasteiger partial charge is 0.478 e. The van der Waals surface area contributed by atoms with Crippen LogP contribution >= 0.6 is 0 Å². The van der Waals surface area contributed by atoms with Gasteiger partial charge in [-0.1, -0.05) is 13.3 Å². The van der Waals surface area contributed by atoms with Gasteiger partial charge in [0.1, 0.15) is 0 Å². The molecule has 1 heterocycles. The first kappa shape index (κ1) is 13.7. The van der Waals surface area contributed by atoms with Crippen LogP contribution in [0, 0.1) is 5.92 Å². The van der Waals surface area contributed by atoms with Crippen LogP contribution < -0.4 is 0 Å². The number of nitrogens with zero attached hydrogens (tertiary/aromatic N) is 1. The van der Waals surface area contributed by atoms with Crippen LogP contribution in [-0.4, -0.2) is 35.0 Å². The summed E-state index contributed by atoms with van der Waals surface area (Å²) in [5.41, 5.74) is 0.723. The Hall–Kier alpha value is -1.32. The number of carboxylic acid groups (broad SMARTS) is 1. The maximum atomic E-state index is 11.8. The highest BCUT2D eigenvalue weighted by Crippen LogP contribution is 2.21. The predicted molar refractivity (Wildman–Crippen MR) is 65.6 cm³/mol. The average molecular weight is 239 g/mol. The SMILES string of the molecule is CCC1CCC(=O)N(CC(C)=CC(=O)O)CC1. The molecule has 4 nitrogen and oxygen atoms in total. The molecule has 1 aliphatic rings. The molecule has 1 aliphatic heterocycles. The summed E-state index contributed by atoms with van der Waals surface area (Å²) in [6.45, 7) is 5.10. The van der Waals surface area contributed by atoms with Crippen LogP contribution in [0.3, 0.4) is 0 Å². The molecule has 0 bridgehead atoms. The van der Waals surface area contributed by atoms with Gasteiger partial charge in [0.25, 0.3) is 0 Å². The van der Waals surface area contributed by atoms with Crippen molar-refractivity contribution in [1.29, 1.82) is 0 Å². The van der Waals surface area contributed by atoms with Crippen LogP contribution in [0.1, 0.15) is 39.5 Å². The van der Waals surface area contributed by atoms with Crippen LogP contribution in [0.2, 0.25) is 0 Å². The minimum atomic E-state index is -0.948. The van der Waals surface area contributed by atoms with Crippen molar-refractivity contribution < 1.29 is 14.7 Å². The number of hydrogen-bond acceptors (Lipinski definition) is 2. The lowest BCUT2D eigenvalue weighted by atomic mass is 9.98. The van der Waals surface area contributed by atoms with E-state index < -0.39 is 5.97 Å². The van der Waals surface area contributed by atoms with Crippen molar-refractivity contribution in [2.45, 2.75) is 39.5 Å². The van der Waals surface area contributed by atoms with Crippen molar-refractivity contribution in [3.63, 3.8) is 0 Å². The third-order valence-corrected chi connectivity index (χ3v) is 3.31. The number of carboxylic acids is 1. The monoisotopic (exact) mass is 239 g/mol. The Morgan fingerprint density at radius 3 is 2.82 bits per heavy atom. The van der Waals surface area contributed by atoms with Crippen LogP contribution in [0.5, 0.6) is 0 Å². The van der Waals surface area contributed by atoms with E-state index in [-0.39, 0.29) is 5.91 Å². The molecule has 1 N–H and O–H groups in total. The van der Waals surface area contributed by atoms with Crippen molar-refractivity contribution in [3.05, 3.63) is 11.6 Å². The minimum Gasteiger partial charge on any atom is -0.478 e. The summed E-state index contributed by atoms with van der Waals surface area (Å²) < 4.78 is 0. The van der Waals surface area contributed by atoms with Gasteiger partial charge in [0.15, 0.2) is 0 Å². The summed E-state index contributed by atoms with van der Waals surface area (Å²) >= 11 is 0. The molecule has 0 radical (unpaired) electrons. The van der Waals surface area contributed by atoms with E-state index >= 15 is 0 Å². The number of amides is 1. The van der Waals surface area contributed by atoms with E-state index in [4.69, 9.17) is 5.11 Å².